The molecule has 146 valence electrons. The van der Waals surface area contributed by atoms with E-state index in [0.29, 0.717) is 11.3 Å². The van der Waals surface area contributed by atoms with Crippen molar-refractivity contribution in [3.8, 4) is 0 Å². The molecule has 0 unspecified atom stereocenters. The first-order chi connectivity index (χ1) is 13.6. The van der Waals surface area contributed by atoms with E-state index in [1.165, 1.54) is 29.6 Å². The molecule has 8 heteroatoms. The normalized spacial score (nSPS) is 23.1. The van der Waals surface area contributed by atoms with E-state index in [0.717, 1.165) is 25.9 Å². The molecule has 2 saturated heterocycles. The minimum Gasteiger partial charge on any atom is -0.322 e. The summed E-state index contributed by atoms with van der Waals surface area (Å²) >= 11 is 0. The molecule has 4 rings (SSSR count). The van der Waals surface area contributed by atoms with Crippen LogP contribution in [0.15, 0.2) is 42.9 Å². The molecule has 0 spiro atoms. The van der Waals surface area contributed by atoms with E-state index in [9.17, 15) is 14.0 Å². The molecule has 7 nitrogen and oxygen atoms in total. The molecule has 2 fully saturated rings. The summed E-state index contributed by atoms with van der Waals surface area (Å²) in [5.74, 6) is -0.764. The van der Waals surface area contributed by atoms with Crippen LogP contribution in [0.4, 0.5) is 9.18 Å². The molecule has 2 aliphatic rings. The number of imide groups is 1. The third kappa shape index (κ3) is 3.35. The van der Waals surface area contributed by atoms with E-state index < -0.39 is 11.6 Å². The van der Waals surface area contributed by atoms with Crippen LogP contribution in [0.2, 0.25) is 0 Å². The van der Waals surface area contributed by atoms with Gasteiger partial charge in [0.1, 0.15) is 11.4 Å². The Hall–Kier alpha value is -2.87. The molecule has 0 radical (unpaired) electrons. The summed E-state index contributed by atoms with van der Waals surface area (Å²) in [5, 5.41) is 6.21. The number of rotatable bonds is 5. The second kappa shape index (κ2) is 7.63. The van der Waals surface area contributed by atoms with Gasteiger partial charge in [0.25, 0.3) is 5.91 Å². The van der Waals surface area contributed by atoms with Crippen LogP contribution < -0.4 is 10.6 Å². The Bertz CT molecular complexity index is 872. The number of carbonyl (C=O) groups excluding carboxylic acids is 2. The molecule has 1 atom stereocenters. The Morgan fingerprint density at radius 2 is 1.96 bits per heavy atom. The molecule has 1 aromatic carbocycles. The second-order valence-electron chi connectivity index (χ2n) is 7.28. The number of hydrogen-bond acceptors (Lipinski definition) is 5. The smallest absolute Gasteiger partial charge is 0.322 e. The second-order valence-corrected chi connectivity index (χ2v) is 7.28. The number of nitrogens with zero attached hydrogens (tertiary/aromatic N) is 3. The average Bonchev–Trinajstić information content (AvgIpc) is 2.96. The Balaban J connectivity index is 1.68. The highest BCUT2D eigenvalue weighted by molar-refractivity contribution is 6.07. The van der Waals surface area contributed by atoms with Crippen LogP contribution in [0.3, 0.4) is 0 Å². The minimum atomic E-state index is -1.15. The zero-order chi connectivity index (χ0) is 19.6. The van der Waals surface area contributed by atoms with Crippen molar-refractivity contribution < 1.29 is 14.0 Å². The zero-order valence-corrected chi connectivity index (χ0v) is 15.4. The number of benzene rings is 1. The van der Waals surface area contributed by atoms with Gasteiger partial charge in [0.2, 0.25) is 0 Å². The minimum absolute atomic E-state index is 0.0441. The summed E-state index contributed by atoms with van der Waals surface area (Å²) in [7, 11) is 0. The lowest BCUT2D eigenvalue weighted by molar-refractivity contribution is -0.134. The highest BCUT2D eigenvalue weighted by atomic mass is 19.1. The molecule has 2 aliphatic heterocycles. The van der Waals surface area contributed by atoms with Gasteiger partial charge in [0.15, 0.2) is 0 Å². The molecule has 0 aliphatic carbocycles. The third-order valence-corrected chi connectivity index (χ3v) is 5.60. The number of amides is 3. The molecule has 2 aromatic rings. The van der Waals surface area contributed by atoms with Crippen LogP contribution in [0, 0.1) is 11.7 Å². The first-order valence-corrected chi connectivity index (χ1v) is 9.43. The molecule has 3 amide bonds. The average molecular weight is 383 g/mol. The maximum atomic E-state index is 14.4. The van der Waals surface area contributed by atoms with Gasteiger partial charge in [-0.15, -0.1) is 0 Å². The summed E-state index contributed by atoms with van der Waals surface area (Å²) in [6.07, 6.45) is 6.19. The van der Waals surface area contributed by atoms with E-state index in [4.69, 9.17) is 0 Å². The Morgan fingerprint density at radius 3 is 2.68 bits per heavy atom. The number of nitrogens with one attached hydrogen (secondary N) is 2. The van der Waals surface area contributed by atoms with Gasteiger partial charge in [0, 0.05) is 18.8 Å². The van der Waals surface area contributed by atoms with Crippen LogP contribution in [-0.4, -0.2) is 45.4 Å². The summed E-state index contributed by atoms with van der Waals surface area (Å²) < 4.78 is 14.4. The van der Waals surface area contributed by atoms with Gasteiger partial charge in [-0.25, -0.2) is 9.18 Å². The van der Waals surface area contributed by atoms with Gasteiger partial charge in [-0.2, -0.15) is 0 Å². The SMILES string of the molecule is O=C1N[C@@](Cc2ccccc2F)(C2CCNCC2)C(=O)N1Cc1cnccn1. The van der Waals surface area contributed by atoms with Crippen molar-refractivity contribution in [2.75, 3.05) is 13.1 Å². The monoisotopic (exact) mass is 383 g/mol. The standard InChI is InChI=1S/C20H22FN5O2/c21-17-4-2-1-3-14(17)11-20(15-5-7-22-8-6-15)18(27)26(19(28)25-20)13-16-12-23-9-10-24-16/h1-4,9-10,12,15,22H,5-8,11,13H2,(H,25,28)/t20-/m0/s1. The van der Waals surface area contributed by atoms with Crippen molar-refractivity contribution in [3.63, 3.8) is 0 Å². The van der Waals surface area contributed by atoms with Crippen LogP contribution in [0.25, 0.3) is 0 Å². The lowest BCUT2D eigenvalue weighted by Gasteiger charge is -2.38. The maximum Gasteiger partial charge on any atom is 0.325 e. The Labute approximate surface area is 162 Å². The maximum absolute atomic E-state index is 14.4. The summed E-state index contributed by atoms with van der Waals surface area (Å²) in [6.45, 7) is 1.57. The predicted octanol–water partition coefficient (Wildman–Crippen LogP) is 1.65. The molecule has 0 bridgehead atoms. The van der Waals surface area contributed by atoms with Gasteiger partial charge >= 0.3 is 6.03 Å². The quantitative estimate of drug-likeness (QED) is 0.767. The fourth-order valence-electron chi connectivity index (χ4n) is 4.16. The topological polar surface area (TPSA) is 87.2 Å². The predicted molar refractivity (Wildman–Crippen MR) is 99.5 cm³/mol. The lowest BCUT2D eigenvalue weighted by Crippen LogP contribution is -2.57. The van der Waals surface area contributed by atoms with E-state index >= 15 is 0 Å². The number of piperidine rings is 1. The van der Waals surface area contributed by atoms with Gasteiger partial charge < -0.3 is 10.6 Å². The number of halogens is 1. The summed E-state index contributed by atoms with van der Waals surface area (Å²) in [5.41, 5.74) is -0.196. The van der Waals surface area contributed by atoms with Gasteiger partial charge in [-0.05, 0) is 43.5 Å². The van der Waals surface area contributed by atoms with Crippen LogP contribution in [-0.2, 0) is 17.8 Å². The fourth-order valence-corrected chi connectivity index (χ4v) is 4.16. The number of aromatic nitrogens is 2. The van der Waals surface area contributed by atoms with E-state index in [1.807, 2.05) is 0 Å². The van der Waals surface area contributed by atoms with E-state index in [1.54, 1.807) is 18.2 Å². The fraction of sp³-hybridized carbons (Fsp3) is 0.400. The number of carbonyl (C=O) groups is 2. The molecule has 28 heavy (non-hydrogen) atoms. The van der Waals surface area contributed by atoms with Crippen LogP contribution in [0.5, 0.6) is 0 Å². The molecular formula is C20H22FN5O2. The Morgan fingerprint density at radius 1 is 1.18 bits per heavy atom. The summed E-state index contributed by atoms with van der Waals surface area (Å²) in [6, 6.07) is 5.94. The molecule has 2 N–H and O–H groups in total. The lowest BCUT2D eigenvalue weighted by atomic mass is 9.74. The van der Waals surface area contributed by atoms with Crippen molar-refractivity contribution in [2.24, 2.45) is 5.92 Å². The van der Waals surface area contributed by atoms with Crippen molar-refractivity contribution in [1.82, 2.24) is 25.5 Å². The first-order valence-electron chi connectivity index (χ1n) is 9.43. The molecule has 3 heterocycles. The van der Waals surface area contributed by atoms with E-state index in [2.05, 4.69) is 20.6 Å². The third-order valence-electron chi connectivity index (χ3n) is 5.60. The van der Waals surface area contributed by atoms with Crippen molar-refractivity contribution in [1.29, 1.82) is 0 Å². The van der Waals surface area contributed by atoms with E-state index in [-0.39, 0.29) is 30.6 Å². The molecule has 0 saturated carbocycles. The van der Waals surface area contributed by atoms with Gasteiger partial charge in [0.05, 0.1) is 18.4 Å². The van der Waals surface area contributed by atoms with Gasteiger partial charge in [-0.1, -0.05) is 18.2 Å². The van der Waals surface area contributed by atoms with Crippen LogP contribution >= 0.6 is 0 Å². The zero-order valence-electron chi connectivity index (χ0n) is 15.4. The van der Waals surface area contributed by atoms with Crippen molar-refractivity contribution >= 4 is 11.9 Å². The van der Waals surface area contributed by atoms with Crippen LogP contribution in [0.1, 0.15) is 24.1 Å². The highest BCUT2D eigenvalue weighted by Gasteiger charge is 2.55. The molecular weight excluding hydrogens is 361 g/mol. The summed E-state index contributed by atoms with van der Waals surface area (Å²) in [4.78, 5) is 35.6. The highest BCUT2D eigenvalue weighted by Crippen LogP contribution is 2.36. The number of hydrogen-bond donors (Lipinski definition) is 2. The molecule has 1 aromatic heterocycles. The van der Waals surface area contributed by atoms with Gasteiger partial charge in [-0.3, -0.25) is 19.7 Å². The Kier molecular flexibility index (Phi) is 5.04. The largest absolute Gasteiger partial charge is 0.325 e. The van der Waals surface area contributed by atoms with Crippen molar-refractivity contribution in [3.05, 3.63) is 59.9 Å². The van der Waals surface area contributed by atoms with Crippen molar-refractivity contribution in [2.45, 2.75) is 31.3 Å². The first kappa shape index (κ1) is 18.5. The number of urea groups is 1.